The van der Waals surface area contributed by atoms with Crippen molar-refractivity contribution in [2.45, 2.75) is 24.8 Å². The van der Waals surface area contributed by atoms with E-state index in [1.165, 1.54) is 22.6 Å². The van der Waals surface area contributed by atoms with Crippen molar-refractivity contribution in [2.75, 3.05) is 39.0 Å². The minimum absolute atomic E-state index is 1.05. The van der Waals surface area contributed by atoms with Crippen molar-refractivity contribution in [2.24, 2.45) is 0 Å². The van der Waals surface area contributed by atoms with Crippen LogP contribution in [0.25, 0.3) is 0 Å². The Bertz CT molecular complexity index is 544. The van der Waals surface area contributed by atoms with Gasteiger partial charge in [-0.05, 0) is 50.0 Å². The lowest BCUT2D eigenvalue weighted by atomic mass is 10.2. The van der Waals surface area contributed by atoms with Crippen molar-refractivity contribution in [3.8, 4) is 0 Å². The summed E-state index contributed by atoms with van der Waals surface area (Å²) < 4.78 is 0. The van der Waals surface area contributed by atoms with Crippen molar-refractivity contribution in [3.05, 3.63) is 66.2 Å². The number of benzene rings is 2. The van der Waals surface area contributed by atoms with Crippen LogP contribution in [-0.2, 0) is 6.54 Å². The number of nitrogens with zero attached hydrogens (tertiary/aromatic N) is 2. The molecule has 0 unspecified atom stereocenters. The van der Waals surface area contributed by atoms with Gasteiger partial charge in [-0.1, -0.05) is 55.5 Å². The Morgan fingerprint density at radius 2 is 1.50 bits per heavy atom. The molecule has 0 heterocycles. The van der Waals surface area contributed by atoms with Crippen LogP contribution in [0.5, 0.6) is 0 Å². The van der Waals surface area contributed by atoms with Gasteiger partial charge in [-0.3, -0.25) is 4.90 Å². The lowest BCUT2D eigenvalue weighted by molar-refractivity contribution is 0.223. The predicted octanol–water partition coefficient (Wildman–Crippen LogP) is 4.62. The molecule has 2 aromatic carbocycles. The highest BCUT2D eigenvalue weighted by Crippen LogP contribution is 2.18. The molecule has 2 rings (SSSR count). The first kappa shape index (κ1) is 19.0. The summed E-state index contributed by atoms with van der Waals surface area (Å²) in [7, 11) is 2.20. The molecule has 0 saturated heterocycles. The Labute approximate surface area is 151 Å². The summed E-state index contributed by atoms with van der Waals surface area (Å²) in [6, 6.07) is 21.5. The van der Waals surface area contributed by atoms with Crippen LogP contribution in [0.1, 0.15) is 18.9 Å². The fourth-order valence-electron chi connectivity index (χ4n) is 2.58. The van der Waals surface area contributed by atoms with Crippen molar-refractivity contribution < 1.29 is 0 Å². The zero-order chi connectivity index (χ0) is 17.0. The molecule has 0 fully saturated rings. The Kier molecular flexibility index (Phi) is 8.96. The molecule has 24 heavy (non-hydrogen) atoms. The highest BCUT2D eigenvalue weighted by molar-refractivity contribution is 7.99. The summed E-state index contributed by atoms with van der Waals surface area (Å²) in [5.74, 6) is 1.18. The maximum Gasteiger partial charge on any atom is 0.0234 e. The van der Waals surface area contributed by atoms with Crippen LogP contribution in [0.2, 0.25) is 0 Å². The van der Waals surface area contributed by atoms with Crippen LogP contribution in [0.15, 0.2) is 65.6 Å². The molecule has 0 spiro atoms. The molecule has 0 bridgehead atoms. The Hall–Kier alpha value is -1.29. The van der Waals surface area contributed by atoms with E-state index in [0.29, 0.717) is 0 Å². The van der Waals surface area contributed by atoms with E-state index in [9.17, 15) is 0 Å². The van der Waals surface area contributed by atoms with Gasteiger partial charge in [0.05, 0.1) is 0 Å². The van der Waals surface area contributed by atoms with E-state index in [1.54, 1.807) is 0 Å². The van der Waals surface area contributed by atoms with E-state index in [-0.39, 0.29) is 0 Å². The number of hydrogen-bond donors (Lipinski definition) is 0. The van der Waals surface area contributed by atoms with Gasteiger partial charge >= 0.3 is 0 Å². The van der Waals surface area contributed by atoms with E-state index < -0.39 is 0 Å². The monoisotopic (exact) mass is 342 g/mol. The fourth-order valence-corrected chi connectivity index (χ4v) is 3.44. The van der Waals surface area contributed by atoms with Crippen molar-refractivity contribution in [1.82, 2.24) is 9.80 Å². The van der Waals surface area contributed by atoms with Gasteiger partial charge in [-0.25, -0.2) is 0 Å². The van der Waals surface area contributed by atoms with Crippen molar-refractivity contribution >= 4 is 11.8 Å². The largest absolute Gasteiger partial charge is 0.305 e. The van der Waals surface area contributed by atoms with Crippen LogP contribution in [0, 0.1) is 0 Å². The first-order valence-corrected chi connectivity index (χ1v) is 9.89. The zero-order valence-corrected chi connectivity index (χ0v) is 15.8. The second kappa shape index (κ2) is 11.3. The molecule has 0 saturated carbocycles. The molecule has 0 N–H and O–H groups in total. The molecule has 0 aliphatic heterocycles. The minimum Gasteiger partial charge on any atom is -0.305 e. The number of likely N-dealkylation sites (N-methyl/N-ethyl adjacent to an activating group) is 1. The number of hydrogen-bond acceptors (Lipinski definition) is 3. The third-order valence-corrected chi connectivity index (χ3v) is 5.32. The van der Waals surface area contributed by atoms with E-state index in [1.807, 2.05) is 11.8 Å². The van der Waals surface area contributed by atoms with Gasteiger partial charge in [0.2, 0.25) is 0 Å². The summed E-state index contributed by atoms with van der Waals surface area (Å²) in [5, 5.41) is 0. The topological polar surface area (TPSA) is 6.48 Å². The molecule has 130 valence electrons. The van der Waals surface area contributed by atoms with Crippen LogP contribution in [0.3, 0.4) is 0 Å². The van der Waals surface area contributed by atoms with E-state index in [4.69, 9.17) is 0 Å². The molecule has 0 atom stereocenters. The summed E-state index contributed by atoms with van der Waals surface area (Å²) in [6.45, 7) is 7.81. The van der Waals surface area contributed by atoms with Gasteiger partial charge in [0, 0.05) is 24.5 Å². The third kappa shape index (κ3) is 7.52. The molecule has 0 radical (unpaired) electrons. The zero-order valence-electron chi connectivity index (χ0n) is 15.0. The molecule has 2 nitrogen and oxygen atoms in total. The fraction of sp³-hybridized carbons (Fsp3) is 0.429. The molecule has 0 amide bonds. The second-order valence-corrected chi connectivity index (χ2v) is 7.34. The van der Waals surface area contributed by atoms with Gasteiger partial charge in [-0.2, -0.15) is 0 Å². The van der Waals surface area contributed by atoms with Gasteiger partial charge in [0.1, 0.15) is 0 Å². The Balaban J connectivity index is 1.78. The second-order valence-electron chi connectivity index (χ2n) is 6.17. The van der Waals surface area contributed by atoms with E-state index >= 15 is 0 Å². The normalized spacial score (nSPS) is 11.3. The third-order valence-electron chi connectivity index (χ3n) is 4.22. The molecule has 0 aliphatic rings. The smallest absolute Gasteiger partial charge is 0.0234 e. The van der Waals surface area contributed by atoms with Gasteiger partial charge in [0.15, 0.2) is 0 Å². The van der Waals surface area contributed by atoms with Gasteiger partial charge < -0.3 is 4.90 Å². The highest BCUT2D eigenvalue weighted by atomic mass is 32.2. The van der Waals surface area contributed by atoms with Crippen molar-refractivity contribution in [3.63, 3.8) is 0 Å². The van der Waals surface area contributed by atoms with Crippen molar-refractivity contribution in [1.29, 1.82) is 0 Å². The first-order valence-electron chi connectivity index (χ1n) is 8.90. The molecular weight excluding hydrogens is 312 g/mol. The van der Waals surface area contributed by atoms with Crippen LogP contribution >= 0.6 is 11.8 Å². The van der Waals surface area contributed by atoms with E-state index in [2.05, 4.69) is 84.4 Å². The minimum atomic E-state index is 1.05. The highest BCUT2D eigenvalue weighted by Gasteiger charge is 2.07. The Morgan fingerprint density at radius 1 is 0.833 bits per heavy atom. The first-order chi connectivity index (χ1) is 11.8. The maximum absolute atomic E-state index is 2.59. The SMILES string of the molecule is CCN(C)CCN(CCCSc1ccccc1)Cc1ccccc1. The lowest BCUT2D eigenvalue weighted by Crippen LogP contribution is -2.33. The van der Waals surface area contributed by atoms with Gasteiger partial charge in [-0.15, -0.1) is 11.8 Å². The van der Waals surface area contributed by atoms with Crippen LogP contribution in [0.4, 0.5) is 0 Å². The molecule has 0 aliphatic carbocycles. The Morgan fingerprint density at radius 3 is 2.17 bits per heavy atom. The average Bonchev–Trinajstić information content (AvgIpc) is 2.64. The summed E-state index contributed by atoms with van der Waals surface area (Å²) in [4.78, 5) is 6.35. The molecule has 2 aromatic rings. The van der Waals surface area contributed by atoms with E-state index in [0.717, 1.165) is 32.7 Å². The predicted molar refractivity (Wildman–Crippen MR) is 107 cm³/mol. The molecule has 0 aromatic heterocycles. The van der Waals surface area contributed by atoms with Crippen LogP contribution < -0.4 is 0 Å². The molecular formula is C21H30N2S. The maximum atomic E-state index is 2.59. The van der Waals surface area contributed by atoms with Crippen LogP contribution in [-0.4, -0.2) is 48.8 Å². The number of rotatable bonds is 11. The number of thioether (sulfide) groups is 1. The summed E-state index contributed by atoms with van der Waals surface area (Å²) >= 11 is 1.96. The summed E-state index contributed by atoms with van der Waals surface area (Å²) in [5.41, 5.74) is 1.41. The molecule has 3 heteroatoms. The standard InChI is InChI=1S/C21H30N2S/c1-3-22(2)16-17-23(19-20-11-6-4-7-12-20)15-10-18-24-21-13-8-5-9-14-21/h4-9,11-14H,3,10,15-19H2,1-2H3. The quantitative estimate of drug-likeness (QED) is 0.434. The average molecular weight is 343 g/mol. The van der Waals surface area contributed by atoms with Gasteiger partial charge in [0.25, 0.3) is 0 Å². The summed E-state index contributed by atoms with van der Waals surface area (Å²) in [6.07, 6.45) is 1.22. The lowest BCUT2D eigenvalue weighted by Gasteiger charge is -2.25.